The molecule has 0 aliphatic heterocycles. The number of nitrogens with zero attached hydrogens (tertiary/aromatic N) is 1. The van der Waals surface area contributed by atoms with Gasteiger partial charge < -0.3 is 14.6 Å². The van der Waals surface area contributed by atoms with Crippen LogP contribution in [0.15, 0.2) is 42.5 Å². The molecule has 0 unspecified atom stereocenters. The van der Waals surface area contributed by atoms with Gasteiger partial charge in [-0.05, 0) is 41.5 Å². The molecule has 0 fully saturated rings. The molecule has 152 valence electrons. The molecule has 1 heterocycles. The highest BCUT2D eigenvalue weighted by atomic mass is 32.1. The first-order chi connectivity index (χ1) is 13.7. The zero-order valence-corrected chi connectivity index (χ0v) is 18.4. The third kappa shape index (κ3) is 4.85. The molecule has 0 bridgehead atoms. The summed E-state index contributed by atoms with van der Waals surface area (Å²) in [6.07, 6.45) is 1.00. The average Bonchev–Trinajstić information content (AvgIpc) is 3.08. The number of aryl methyl sites for hydroxylation is 2. The number of carbonyl (C=O) groups is 1. The highest BCUT2D eigenvalue weighted by molar-refractivity contribution is 7.17. The monoisotopic (exact) mass is 408 g/mol. The molecule has 0 amide bonds. The number of hydrogen-bond donors (Lipinski definition) is 0. The van der Waals surface area contributed by atoms with Gasteiger partial charge in [-0.3, -0.25) is 0 Å². The van der Waals surface area contributed by atoms with E-state index in [9.17, 15) is 9.90 Å². The van der Waals surface area contributed by atoms with Crippen LogP contribution in [-0.2, 0) is 18.4 Å². The number of carbonyl (C=O) groups excluding carboxylic acids is 1. The van der Waals surface area contributed by atoms with E-state index >= 15 is 0 Å². The molecule has 3 aromatic rings. The van der Waals surface area contributed by atoms with Crippen LogP contribution < -0.4 is 9.84 Å². The van der Waals surface area contributed by atoms with Gasteiger partial charge in [-0.25, -0.2) is 4.98 Å². The fourth-order valence-corrected chi connectivity index (χ4v) is 4.03. The zero-order valence-electron chi connectivity index (χ0n) is 17.5. The van der Waals surface area contributed by atoms with Gasteiger partial charge in [0.25, 0.3) is 0 Å². The summed E-state index contributed by atoms with van der Waals surface area (Å²) in [4.78, 5) is 15.6. The summed E-state index contributed by atoms with van der Waals surface area (Å²) in [5.74, 6) is -0.270. The van der Waals surface area contributed by atoms with Gasteiger partial charge in [-0.15, -0.1) is 11.3 Å². The molecule has 0 saturated carbocycles. The van der Waals surface area contributed by atoms with Crippen molar-refractivity contribution < 1.29 is 14.6 Å². The third-order valence-electron chi connectivity index (χ3n) is 4.84. The average molecular weight is 409 g/mol. The largest absolute Gasteiger partial charge is 0.544 e. The Morgan fingerprint density at radius 3 is 2.31 bits per heavy atom. The van der Waals surface area contributed by atoms with E-state index in [-0.39, 0.29) is 10.3 Å². The predicted molar refractivity (Wildman–Crippen MR) is 115 cm³/mol. The van der Waals surface area contributed by atoms with Gasteiger partial charge in [0.1, 0.15) is 17.4 Å². The smallest absolute Gasteiger partial charge is 0.124 e. The van der Waals surface area contributed by atoms with Gasteiger partial charge in [-0.1, -0.05) is 64.1 Å². The Labute approximate surface area is 176 Å². The van der Waals surface area contributed by atoms with Crippen molar-refractivity contribution in [3.8, 4) is 16.3 Å². The topological polar surface area (TPSA) is 62.2 Å². The number of benzene rings is 2. The number of hydrogen-bond acceptors (Lipinski definition) is 5. The fraction of sp³-hybridized carbons (Fsp3) is 0.333. The van der Waals surface area contributed by atoms with Crippen molar-refractivity contribution in [1.82, 2.24) is 4.98 Å². The third-order valence-corrected chi connectivity index (χ3v) is 6.02. The summed E-state index contributed by atoms with van der Waals surface area (Å²) in [7, 11) is 0. The number of carboxylic acids is 1. The maximum Gasteiger partial charge on any atom is 0.124 e. The van der Waals surface area contributed by atoms with Gasteiger partial charge in [0.05, 0.1) is 16.5 Å². The second kappa shape index (κ2) is 8.37. The van der Waals surface area contributed by atoms with E-state index in [1.807, 2.05) is 24.3 Å². The van der Waals surface area contributed by atoms with Crippen LogP contribution in [0.25, 0.3) is 10.6 Å². The Morgan fingerprint density at radius 2 is 1.76 bits per heavy atom. The van der Waals surface area contributed by atoms with Crippen LogP contribution in [0, 0.1) is 6.92 Å². The Balaban J connectivity index is 1.76. The summed E-state index contributed by atoms with van der Waals surface area (Å²) in [6, 6.07) is 14.3. The lowest BCUT2D eigenvalue weighted by molar-refractivity contribution is -0.254. The lowest BCUT2D eigenvalue weighted by Crippen LogP contribution is -2.21. The maximum absolute atomic E-state index is 11.1. The van der Waals surface area contributed by atoms with Crippen molar-refractivity contribution in [2.75, 3.05) is 0 Å². The van der Waals surface area contributed by atoms with Gasteiger partial charge in [0.2, 0.25) is 0 Å². The molecular formula is C24H26NO3S-. The van der Waals surface area contributed by atoms with E-state index in [0.717, 1.165) is 34.6 Å². The van der Waals surface area contributed by atoms with E-state index in [1.54, 1.807) is 6.92 Å². The van der Waals surface area contributed by atoms with Crippen LogP contribution >= 0.6 is 11.3 Å². The second-order valence-corrected chi connectivity index (χ2v) is 9.14. The number of rotatable bonds is 6. The van der Waals surface area contributed by atoms with Crippen LogP contribution in [0.5, 0.6) is 5.75 Å². The van der Waals surface area contributed by atoms with Crippen LogP contribution in [0.3, 0.4) is 0 Å². The molecule has 0 aliphatic rings. The second-order valence-electron chi connectivity index (χ2n) is 8.14. The van der Waals surface area contributed by atoms with E-state index in [1.165, 1.54) is 11.1 Å². The van der Waals surface area contributed by atoms with Crippen molar-refractivity contribution in [3.05, 3.63) is 69.7 Å². The van der Waals surface area contributed by atoms with Crippen molar-refractivity contribution in [1.29, 1.82) is 0 Å². The molecular weight excluding hydrogens is 382 g/mol. The molecule has 3 rings (SSSR count). The van der Waals surface area contributed by atoms with Crippen LogP contribution in [0.4, 0.5) is 0 Å². The first kappa shape index (κ1) is 21.1. The first-order valence-electron chi connectivity index (χ1n) is 9.73. The zero-order chi connectivity index (χ0) is 21.2. The summed E-state index contributed by atoms with van der Waals surface area (Å²) in [5.41, 5.74) is 4.94. The molecule has 1 aromatic heterocycles. The van der Waals surface area contributed by atoms with Crippen LogP contribution in [0.2, 0.25) is 0 Å². The summed E-state index contributed by atoms with van der Waals surface area (Å²) < 4.78 is 6.15. The van der Waals surface area contributed by atoms with Gasteiger partial charge >= 0.3 is 0 Å². The molecule has 0 saturated heterocycles. The van der Waals surface area contributed by atoms with Crippen LogP contribution in [-0.4, -0.2) is 11.0 Å². The Bertz CT molecular complexity index is 1010. The van der Waals surface area contributed by atoms with E-state index in [4.69, 9.17) is 4.74 Å². The normalized spacial score (nSPS) is 11.5. The minimum Gasteiger partial charge on any atom is -0.544 e. The molecule has 5 heteroatoms. The Hall–Kier alpha value is -2.66. The van der Waals surface area contributed by atoms with Crippen molar-refractivity contribution in [2.24, 2.45) is 0 Å². The van der Waals surface area contributed by atoms with Crippen molar-refractivity contribution in [2.45, 2.75) is 53.1 Å². The standard InChI is InChI=1S/C24H27NO3S/c1-6-16-9-12-20(19(13-16)24(3,4)5)28-14-17-7-10-18(11-8-17)22-25-15(2)21(29-22)23(26)27/h7-13H,6,14H2,1-5H3,(H,26,27)/p-1. The van der Waals surface area contributed by atoms with E-state index < -0.39 is 5.97 Å². The van der Waals surface area contributed by atoms with Gasteiger partial charge in [0, 0.05) is 5.56 Å². The number of aromatic carboxylic acids is 1. The number of aromatic nitrogens is 1. The summed E-state index contributed by atoms with van der Waals surface area (Å²) >= 11 is 1.14. The minimum atomic E-state index is -1.18. The van der Waals surface area contributed by atoms with Crippen LogP contribution in [0.1, 0.15) is 59.8 Å². The summed E-state index contributed by atoms with van der Waals surface area (Å²) in [5, 5.41) is 11.8. The first-order valence-corrected chi connectivity index (χ1v) is 10.5. The van der Waals surface area contributed by atoms with Crippen molar-refractivity contribution in [3.63, 3.8) is 0 Å². The molecule has 0 spiro atoms. The Kier molecular flexibility index (Phi) is 6.08. The molecule has 0 radical (unpaired) electrons. The fourth-order valence-electron chi connectivity index (χ4n) is 3.12. The lowest BCUT2D eigenvalue weighted by atomic mass is 9.85. The maximum atomic E-state index is 11.1. The quantitative estimate of drug-likeness (QED) is 0.581. The minimum absolute atomic E-state index is 0.00375. The number of carboxylic acid groups (broad SMARTS) is 1. The van der Waals surface area contributed by atoms with Gasteiger partial charge in [-0.2, -0.15) is 0 Å². The molecule has 29 heavy (non-hydrogen) atoms. The highest BCUT2D eigenvalue weighted by Gasteiger charge is 2.19. The summed E-state index contributed by atoms with van der Waals surface area (Å²) in [6.45, 7) is 10.9. The SMILES string of the molecule is CCc1ccc(OCc2ccc(-c3nc(C)c(C(=O)[O-])s3)cc2)c(C(C)(C)C)c1. The number of thiazole rings is 1. The van der Waals surface area contributed by atoms with E-state index in [0.29, 0.717) is 17.3 Å². The lowest BCUT2D eigenvalue weighted by Gasteiger charge is -2.23. The van der Waals surface area contributed by atoms with E-state index in [2.05, 4.69) is 50.9 Å². The van der Waals surface area contributed by atoms with Gasteiger partial charge in [0.15, 0.2) is 0 Å². The van der Waals surface area contributed by atoms with Crippen molar-refractivity contribution >= 4 is 17.3 Å². The molecule has 4 nitrogen and oxygen atoms in total. The predicted octanol–water partition coefficient (Wildman–Crippen LogP) is 4.92. The Morgan fingerprint density at radius 1 is 1.10 bits per heavy atom. The highest BCUT2D eigenvalue weighted by Crippen LogP contribution is 2.33. The number of ether oxygens (including phenoxy) is 1. The molecule has 0 N–H and O–H groups in total. The molecule has 0 aliphatic carbocycles. The molecule has 2 aromatic carbocycles. The molecule has 0 atom stereocenters.